The van der Waals surface area contributed by atoms with Gasteiger partial charge in [-0.25, -0.2) is 0 Å². The lowest BCUT2D eigenvalue weighted by Gasteiger charge is -2.31. The molecule has 1 saturated heterocycles. The van der Waals surface area contributed by atoms with Gasteiger partial charge in [0.05, 0.1) is 0 Å². The van der Waals surface area contributed by atoms with Crippen molar-refractivity contribution in [2.75, 3.05) is 19.8 Å². The quantitative estimate of drug-likeness (QED) is 0.683. The third-order valence-corrected chi connectivity index (χ3v) is 2.87. The van der Waals surface area contributed by atoms with Crippen molar-refractivity contribution in [2.24, 2.45) is 5.92 Å². The molecule has 1 rings (SSSR count). The zero-order valence-electron chi connectivity index (χ0n) is 9.51. The van der Waals surface area contributed by atoms with Gasteiger partial charge in [-0.1, -0.05) is 12.5 Å². The molecule has 14 heavy (non-hydrogen) atoms. The van der Waals surface area contributed by atoms with Gasteiger partial charge in [-0.2, -0.15) is 0 Å². The van der Waals surface area contributed by atoms with Gasteiger partial charge in [-0.3, -0.25) is 0 Å². The fourth-order valence-corrected chi connectivity index (χ4v) is 2.16. The number of nitrogens with one attached hydrogen (secondary N) is 1. The summed E-state index contributed by atoms with van der Waals surface area (Å²) < 4.78 is 5.38. The molecule has 2 heteroatoms. The van der Waals surface area contributed by atoms with E-state index in [1.54, 1.807) is 0 Å². The minimum Gasteiger partial charge on any atom is -0.381 e. The topological polar surface area (TPSA) is 21.3 Å². The van der Waals surface area contributed by atoms with Crippen molar-refractivity contribution in [1.82, 2.24) is 5.32 Å². The molecule has 1 N–H and O–H groups in total. The maximum Gasteiger partial charge on any atom is 0.0469 e. The van der Waals surface area contributed by atoms with Gasteiger partial charge in [-0.15, -0.1) is 6.58 Å². The lowest BCUT2D eigenvalue weighted by Crippen LogP contribution is -2.39. The molecule has 0 radical (unpaired) electrons. The zero-order chi connectivity index (χ0) is 10.4. The number of rotatable bonds is 5. The van der Waals surface area contributed by atoms with Crippen molar-refractivity contribution in [3.63, 3.8) is 0 Å². The number of hydrogen-bond acceptors (Lipinski definition) is 2. The van der Waals surface area contributed by atoms with Crippen LogP contribution in [-0.2, 0) is 4.74 Å². The Balaban J connectivity index is 2.42. The van der Waals surface area contributed by atoms with Crippen molar-refractivity contribution in [3.05, 3.63) is 12.2 Å². The van der Waals surface area contributed by atoms with Crippen LogP contribution >= 0.6 is 0 Å². The fraction of sp³-hybridized carbons (Fsp3) is 0.833. The highest BCUT2D eigenvalue weighted by atomic mass is 16.5. The van der Waals surface area contributed by atoms with Crippen molar-refractivity contribution in [2.45, 2.75) is 39.2 Å². The molecule has 1 aliphatic rings. The summed E-state index contributed by atoms with van der Waals surface area (Å²) in [4.78, 5) is 0. The van der Waals surface area contributed by atoms with E-state index in [2.05, 4.69) is 25.7 Å². The molecule has 1 heterocycles. The Labute approximate surface area is 87.7 Å². The maximum atomic E-state index is 5.38. The van der Waals surface area contributed by atoms with Gasteiger partial charge in [-0.05, 0) is 38.6 Å². The molecule has 1 fully saturated rings. The normalized spacial score (nSPS) is 20.7. The predicted molar refractivity (Wildman–Crippen MR) is 60.4 cm³/mol. The Kier molecular flexibility index (Phi) is 5.20. The first kappa shape index (κ1) is 11.7. The van der Waals surface area contributed by atoms with E-state index in [0.717, 1.165) is 32.1 Å². The van der Waals surface area contributed by atoms with Crippen molar-refractivity contribution >= 4 is 0 Å². The van der Waals surface area contributed by atoms with Gasteiger partial charge in [0, 0.05) is 19.3 Å². The summed E-state index contributed by atoms with van der Waals surface area (Å²) >= 11 is 0. The van der Waals surface area contributed by atoms with Crippen molar-refractivity contribution in [3.8, 4) is 0 Å². The molecule has 1 atom stereocenters. The lowest BCUT2D eigenvalue weighted by atomic mass is 9.88. The second-order valence-electron chi connectivity index (χ2n) is 4.28. The Hall–Kier alpha value is -0.340. The Bertz CT molecular complexity index is 173. The van der Waals surface area contributed by atoms with Crippen LogP contribution in [0.3, 0.4) is 0 Å². The van der Waals surface area contributed by atoms with Crippen LogP contribution in [0.2, 0.25) is 0 Å². The van der Waals surface area contributed by atoms with E-state index in [-0.39, 0.29) is 0 Å². The molecule has 1 aliphatic heterocycles. The summed E-state index contributed by atoms with van der Waals surface area (Å²) in [6.07, 6.45) is 3.51. The molecule has 1 unspecified atom stereocenters. The van der Waals surface area contributed by atoms with Crippen LogP contribution in [0.5, 0.6) is 0 Å². The van der Waals surface area contributed by atoms with Gasteiger partial charge in [0.25, 0.3) is 0 Å². The Morgan fingerprint density at radius 3 is 2.64 bits per heavy atom. The van der Waals surface area contributed by atoms with E-state index in [9.17, 15) is 0 Å². The highest BCUT2D eigenvalue weighted by Gasteiger charge is 2.22. The summed E-state index contributed by atoms with van der Waals surface area (Å²) in [5.74, 6) is 0.778. The van der Waals surface area contributed by atoms with Crippen LogP contribution in [0.1, 0.15) is 33.1 Å². The molecule has 0 aliphatic carbocycles. The fourth-order valence-electron chi connectivity index (χ4n) is 2.16. The SMILES string of the molecule is C=C(C)CC(NCC)C1CCOCC1. The molecule has 0 saturated carbocycles. The second-order valence-corrected chi connectivity index (χ2v) is 4.28. The van der Waals surface area contributed by atoms with E-state index in [1.165, 1.54) is 18.4 Å². The minimum absolute atomic E-state index is 0.612. The first-order valence-electron chi connectivity index (χ1n) is 5.69. The van der Waals surface area contributed by atoms with Crippen LogP contribution in [0, 0.1) is 5.92 Å². The van der Waals surface area contributed by atoms with Gasteiger partial charge < -0.3 is 10.1 Å². The average molecular weight is 197 g/mol. The standard InChI is InChI=1S/C12H23NO/c1-4-13-12(9-10(2)3)11-5-7-14-8-6-11/h11-13H,2,4-9H2,1,3H3. The van der Waals surface area contributed by atoms with Gasteiger partial charge in [0.1, 0.15) is 0 Å². The van der Waals surface area contributed by atoms with Crippen LogP contribution in [0.25, 0.3) is 0 Å². The first-order valence-corrected chi connectivity index (χ1v) is 5.69. The van der Waals surface area contributed by atoms with E-state index in [0.29, 0.717) is 6.04 Å². The Morgan fingerprint density at radius 2 is 2.14 bits per heavy atom. The zero-order valence-corrected chi connectivity index (χ0v) is 9.51. The second kappa shape index (κ2) is 6.20. The number of ether oxygens (including phenoxy) is 1. The van der Waals surface area contributed by atoms with E-state index in [1.807, 2.05) is 0 Å². The number of hydrogen-bond donors (Lipinski definition) is 1. The minimum atomic E-state index is 0.612. The molecule has 0 spiro atoms. The van der Waals surface area contributed by atoms with Gasteiger partial charge in [0.2, 0.25) is 0 Å². The Morgan fingerprint density at radius 1 is 1.50 bits per heavy atom. The molecule has 0 amide bonds. The average Bonchev–Trinajstić information content (AvgIpc) is 2.18. The molecule has 0 bridgehead atoms. The predicted octanol–water partition coefficient (Wildman–Crippen LogP) is 2.36. The third kappa shape index (κ3) is 3.81. The molecule has 0 aromatic rings. The van der Waals surface area contributed by atoms with Gasteiger partial charge >= 0.3 is 0 Å². The summed E-state index contributed by atoms with van der Waals surface area (Å²) in [6, 6.07) is 0.612. The van der Waals surface area contributed by atoms with Crippen molar-refractivity contribution in [1.29, 1.82) is 0 Å². The molecule has 0 aromatic carbocycles. The van der Waals surface area contributed by atoms with E-state index in [4.69, 9.17) is 4.74 Å². The third-order valence-electron chi connectivity index (χ3n) is 2.87. The summed E-state index contributed by atoms with van der Waals surface area (Å²) in [6.45, 7) is 11.2. The molecular formula is C12H23NO. The summed E-state index contributed by atoms with van der Waals surface area (Å²) in [7, 11) is 0. The van der Waals surface area contributed by atoms with Crippen LogP contribution < -0.4 is 5.32 Å². The summed E-state index contributed by atoms with van der Waals surface area (Å²) in [5, 5.41) is 3.57. The van der Waals surface area contributed by atoms with Crippen LogP contribution in [-0.4, -0.2) is 25.8 Å². The molecule has 2 nitrogen and oxygen atoms in total. The van der Waals surface area contributed by atoms with Crippen LogP contribution in [0.4, 0.5) is 0 Å². The highest BCUT2D eigenvalue weighted by Crippen LogP contribution is 2.22. The molecular weight excluding hydrogens is 174 g/mol. The first-order chi connectivity index (χ1) is 6.74. The van der Waals surface area contributed by atoms with E-state index >= 15 is 0 Å². The largest absolute Gasteiger partial charge is 0.381 e. The smallest absolute Gasteiger partial charge is 0.0469 e. The van der Waals surface area contributed by atoms with Crippen LogP contribution in [0.15, 0.2) is 12.2 Å². The molecule has 82 valence electrons. The van der Waals surface area contributed by atoms with E-state index < -0.39 is 0 Å². The lowest BCUT2D eigenvalue weighted by molar-refractivity contribution is 0.0540. The maximum absolute atomic E-state index is 5.38. The summed E-state index contributed by atoms with van der Waals surface area (Å²) in [5.41, 5.74) is 1.28. The highest BCUT2D eigenvalue weighted by molar-refractivity contribution is 4.95. The van der Waals surface area contributed by atoms with Gasteiger partial charge in [0.15, 0.2) is 0 Å². The van der Waals surface area contributed by atoms with Crippen molar-refractivity contribution < 1.29 is 4.74 Å². The molecule has 0 aromatic heterocycles. The monoisotopic (exact) mass is 197 g/mol.